The first kappa shape index (κ1) is 17.8. The number of aromatic nitrogens is 2. The van der Waals surface area contributed by atoms with Gasteiger partial charge in [0, 0.05) is 11.6 Å². The van der Waals surface area contributed by atoms with Gasteiger partial charge in [0.15, 0.2) is 0 Å². The predicted molar refractivity (Wildman–Crippen MR) is 103 cm³/mol. The Bertz CT molecular complexity index is 857. The molecule has 0 bridgehead atoms. The standard InChI is InChI=1S/C20H24ClN3O/c1-15-6-4-7-17(12-15)25-14-20-22-18-13-16(21)8-9-19(18)24(20)11-5-10-23(2)3/h4,6-9,12-13H,5,10-11,14H2,1-3H3. The molecule has 0 saturated heterocycles. The van der Waals surface area contributed by atoms with Crippen molar-refractivity contribution in [2.45, 2.75) is 26.5 Å². The van der Waals surface area contributed by atoms with E-state index in [9.17, 15) is 0 Å². The maximum absolute atomic E-state index is 6.13. The molecule has 0 atom stereocenters. The lowest BCUT2D eigenvalue weighted by Crippen LogP contribution is -2.16. The van der Waals surface area contributed by atoms with Crippen LogP contribution in [0.2, 0.25) is 5.02 Å². The Kier molecular flexibility index (Phi) is 5.61. The van der Waals surface area contributed by atoms with Gasteiger partial charge in [-0.1, -0.05) is 23.7 Å². The van der Waals surface area contributed by atoms with Gasteiger partial charge in [0.2, 0.25) is 0 Å². The Morgan fingerprint density at radius 2 is 2.00 bits per heavy atom. The van der Waals surface area contributed by atoms with Gasteiger partial charge < -0.3 is 14.2 Å². The van der Waals surface area contributed by atoms with E-state index in [4.69, 9.17) is 21.3 Å². The molecule has 2 aromatic carbocycles. The minimum Gasteiger partial charge on any atom is -0.486 e. The van der Waals surface area contributed by atoms with Crippen LogP contribution in [0.4, 0.5) is 0 Å². The van der Waals surface area contributed by atoms with E-state index in [-0.39, 0.29) is 0 Å². The van der Waals surface area contributed by atoms with E-state index >= 15 is 0 Å². The van der Waals surface area contributed by atoms with E-state index in [1.54, 1.807) is 0 Å². The lowest BCUT2D eigenvalue weighted by Gasteiger charge is -2.13. The molecule has 132 valence electrons. The fourth-order valence-corrected chi connectivity index (χ4v) is 3.08. The fraction of sp³-hybridized carbons (Fsp3) is 0.350. The highest BCUT2D eigenvalue weighted by molar-refractivity contribution is 6.31. The van der Waals surface area contributed by atoms with Gasteiger partial charge in [-0.2, -0.15) is 0 Å². The minimum atomic E-state index is 0.442. The number of ether oxygens (including phenoxy) is 1. The third-order valence-electron chi connectivity index (χ3n) is 4.13. The molecule has 1 aromatic heterocycles. The molecule has 0 unspecified atom stereocenters. The number of hydrogen-bond donors (Lipinski definition) is 0. The van der Waals surface area contributed by atoms with Crippen LogP contribution in [-0.2, 0) is 13.2 Å². The number of fused-ring (bicyclic) bond motifs is 1. The molecule has 0 saturated carbocycles. The molecular formula is C20H24ClN3O. The minimum absolute atomic E-state index is 0.442. The molecule has 0 fully saturated rings. The summed E-state index contributed by atoms with van der Waals surface area (Å²) in [5.74, 6) is 1.79. The van der Waals surface area contributed by atoms with E-state index in [0.29, 0.717) is 11.6 Å². The van der Waals surface area contributed by atoms with Crippen LogP contribution in [0.5, 0.6) is 5.75 Å². The first-order valence-corrected chi connectivity index (χ1v) is 8.89. The van der Waals surface area contributed by atoms with Crippen molar-refractivity contribution in [3.05, 3.63) is 58.9 Å². The summed E-state index contributed by atoms with van der Waals surface area (Å²) in [6.07, 6.45) is 1.05. The quantitative estimate of drug-likeness (QED) is 0.622. The second kappa shape index (κ2) is 7.89. The number of aryl methyl sites for hydroxylation is 2. The zero-order valence-electron chi connectivity index (χ0n) is 15.0. The van der Waals surface area contributed by atoms with Gasteiger partial charge in [-0.05, 0) is 69.9 Å². The Labute approximate surface area is 154 Å². The van der Waals surface area contributed by atoms with Gasteiger partial charge in [-0.15, -0.1) is 0 Å². The number of nitrogens with zero attached hydrogens (tertiary/aromatic N) is 3. The molecule has 0 aliphatic heterocycles. The van der Waals surface area contributed by atoms with E-state index < -0.39 is 0 Å². The van der Waals surface area contributed by atoms with Crippen molar-refractivity contribution in [3.8, 4) is 5.75 Å². The lowest BCUT2D eigenvalue weighted by molar-refractivity contribution is 0.288. The molecule has 1 heterocycles. The van der Waals surface area contributed by atoms with Crippen LogP contribution in [0, 0.1) is 6.92 Å². The largest absolute Gasteiger partial charge is 0.486 e. The Morgan fingerprint density at radius 1 is 1.16 bits per heavy atom. The summed E-state index contributed by atoms with van der Waals surface area (Å²) >= 11 is 6.13. The molecular weight excluding hydrogens is 334 g/mol. The second-order valence-corrected chi connectivity index (χ2v) is 7.01. The van der Waals surface area contributed by atoms with Gasteiger partial charge >= 0.3 is 0 Å². The van der Waals surface area contributed by atoms with Crippen LogP contribution in [-0.4, -0.2) is 35.1 Å². The molecule has 0 spiro atoms. The summed E-state index contributed by atoms with van der Waals surface area (Å²) in [4.78, 5) is 6.94. The fourth-order valence-electron chi connectivity index (χ4n) is 2.91. The van der Waals surface area contributed by atoms with E-state index in [1.807, 2.05) is 36.4 Å². The van der Waals surface area contributed by atoms with Crippen LogP contribution in [0.3, 0.4) is 0 Å². The molecule has 4 nitrogen and oxygen atoms in total. The highest BCUT2D eigenvalue weighted by atomic mass is 35.5. The molecule has 0 aliphatic carbocycles. The van der Waals surface area contributed by atoms with Gasteiger partial charge in [0.05, 0.1) is 11.0 Å². The van der Waals surface area contributed by atoms with E-state index in [0.717, 1.165) is 42.1 Å². The summed E-state index contributed by atoms with van der Waals surface area (Å²) in [6, 6.07) is 13.9. The van der Waals surface area contributed by atoms with Gasteiger partial charge in [0.1, 0.15) is 18.2 Å². The maximum Gasteiger partial charge on any atom is 0.147 e. The van der Waals surface area contributed by atoms with Crippen molar-refractivity contribution < 1.29 is 4.74 Å². The molecule has 0 radical (unpaired) electrons. The number of rotatable bonds is 7. The summed E-state index contributed by atoms with van der Waals surface area (Å²) in [7, 11) is 4.18. The first-order valence-electron chi connectivity index (χ1n) is 8.52. The number of halogens is 1. The molecule has 3 rings (SSSR count). The van der Waals surface area contributed by atoms with Crippen LogP contribution in [0.25, 0.3) is 11.0 Å². The lowest BCUT2D eigenvalue weighted by atomic mass is 10.2. The van der Waals surface area contributed by atoms with Crippen LogP contribution in [0.15, 0.2) is 42.5 Å². The van der Waals surface area contributed by atoms with Crippen LogP contribution < -0.4 is 4.74 Å². The molecule has 0 amide bonds. The molecule has 0 N–H and O–H groups in total. The van der Waals surface area contributed by atoms with Crippen molar-refractivity contribution in [1.29, 1.82) is 0 Å². The normalized spacial score (nSPS) is 11.4. The van der Waals surface area contributed by atoms with Crippen molar-refractivity contribution in [3.63, 3.8) is 0 Å². The molecule has 25 heavy (non-hydrogen) atoms. The molecule has 0 aliphatic rings. The Balaban J connectivity index is 1.84. The van der Waals surface area contributed by atoms with Gasteiger partial charge in [-0.25, -0.2) is 4.98 Å². The number of benzene rings is 2. The summed E-state index contributed by atoms with van der Waals surface area (Å²) in [6.45, 7) is 4.44. The van der Waals surface area contributed by atoms with Crippen molar-refractivity contribution in [2.75, 3.05) is 20.6 Å². The predicted octanol–water partition coefficient (Wildman–Crippen LogP) is 4.53. The monoisotopic (exact) mass is 357 g/mol. The Hall–Kier alpha value is -2.04. The summed E-state index contributed by atoms with van der Waals surface area (Å²) in [5, 5.41) is 0.705. The third kappa shape index (κ3) is 4.53. The SMILES string of the molecule is Cc1cccc(OCc2nc3cc(Cl)ccc3n2CCCN(C)C)c1. The van der Waals surface area contributed by atoms with E-state index in [1.165, 1.54) is 5.56 Å². The maximum atomic E-state index is 6.13. The van der Waals surface area contributed by atoms with Gasteiger partial charge in [0.25, 0.3) is 0 Å². The highest BCUT2D eigenvalue weighted by Crippen LogP contribution is 2.22. The van der Waals surface area contributed by atoms with Crippen molar-refractivity contribution >= 4 is 22.6 Å². The highest BCUT2D eigenvalue weighted by Gasteiger charge is 2.12. The first-order chi connectivity index (χ1) is 12.0. The van der Waals surface area contributed by atoms with Crippen molar-refractivity contribution in [1.82, 2.24) is 14.5 Å². The third-order valence-corrected chi connectivity index (χ3v) is 4.37. The molecule has 5 heteroatoms. The van der Waals surface area contributed by atoms with Crippen LogP contribution in [0.1, 0.15) is 17.8 Å². The zero-order chi connectivity index (χ0) is 17.8. The average molecular weight is 358 g/mol. The summed E-state index contributed by atoms with van der Waals surface area (Å²) in [5.41, 5.74) is 3.20. The van der Waals surface area contributed by atoms with Gasteiger partial charge in [-0.3, -0.25) is 0 Å². The number of hydrogen-bond acceptors (Lipinski definition) is 3. The topological polar surface area (TPSA) is 30.3 Å². The zero-order valence-corrected chi connectivity index (χ0v) is 15.8. The second-order valence-electron chi connectivity index (χ2n) is 6.57. The molecule has 3 aromatic rings. The average Bonchev–Trinajstić information content (AvgIpc) is 2.89. The number of imidazole rings is 1. The van der Waals surface area contributed by atoms with E-state index in [2.05, 4.69) is 36.6 Å². The van der Waals surface area contributed by atoms with Crippen LogP contribution >= 0.6 is 11.6 Å². The smallest absolute Gasteiger partial charge is 0.147 e. The summed E-state index contributed by atoms with van der Waals surface area (Å²) < 4.78 is 8.22. The van der Waals surface area contributed by atoms with Crippen molar-refractivity contribution in [2.24, 2.45) is 0 Å². The Morgan fingerprint density at radius 3 is 2.76 bits per heavy atom.